The van der Waals surface area contributed by atoms with Gasteiger partial charge in [0.1, 0.15) is 0 Å². The van der Waals surface area contributed by atoms with E-state index in [1.807, 2.05) is 6.26 Å². The molecule has 1 fully saturated rings. The van der Waals surface area contributed by atoms with Crippen molar-refractivity contribution in [3.05, 3.63) is 0 Å². The van der Waals surface area contributed by atoms with E-state index in [-0.39, 0.29) is 0 Å². The first-order valence-electron chi connectivity index (χ1n) is 4.61. The molecule has 4 heteroatoms. The number of hydrogen-bond donors (Lipinski definition) is 0. The first kappa shape index (κ1) is 11.3. The van der Waals surface area contributed by atoms with E-state index in [0.29, 0.717) is 10.3 Å². The van der Waals surface area contributed by atoms with Crippen molar-refractivity contribution in [1.29, 1.82) is 0 Å². The number of thioether (sulfide) groups is 1. The second-order valence-corrected chi connectivity index (χ2v) is 4.94. The molecule has 76 valence electrons. The third-order valence-electron chi connectivity index (χ3n) is 2.33. The van der Waals surface area contributed by atoms with E-state index in [9.17, 15) is 0 Å². The highest BCUT2D eigenvalue weighted by Crippen LogP contribution is 2.16. The normalized spacial score (nSPS) is 24.3. The molecular weight excluding hydrogens is 202 g/mol. The lowest BCUT2D eigenvalue weighted by molar-refractivity contribution is 0.149. The van der Waals surface area contributed by atoms with Gasteiger partial charge in [-0.25, -0.2) is 0 Å². The molecule has 0 aliphatic carbocycles. The molecule has 0 N–H and O–H groups in total. The molecule has 2 nitrogen and oxygen atoms in total. The zero-order valence-corrected chi connectivity index (χ0v) is 9.92. The molecule has 1 saturated heterocycles. The van der Waals surface area contributed by atoms with Crippen LogP contribution in [-0.4, -0.2) is 42.3 Å². The Balaban J connectivity index is 2.17. The average molecular weight is 219 g/mol. The van der Waals surface area contributed by atoms with Gasteiger partial charge in [-0.05, 0) is 44.9 Å². The van der Waals surface area contributed by atoms with Crippen molar-refractivity contribution in [1.82, 2.24) is 4.90 Å². The highest BCUT2D eigenvalue weighted by molar-refractivity contribution is 8.22. The summed E-state index contributed by atoms with van der Waals surface area (Å²) >= 11 is 6.49. The van der Waals surface area contributed by atoms with Crippen LogP contribution >= 0.6 is 24.0 Å². The molecule has 0 spiro atoms. The van der Waals surface area contributed by atoms with Gasteiger partial charge in [-0.3, -0.25) is 0 Å². The fraction of sp³-hybridized carbons (Fsp3) is 0.889. The minimum absolute atomic E-state index is 0.670. The fourth-order valence-corrected chi connectivity index (χ4v) is 1.91. The van der Waals surface area contributed by atoms with Gasteiger partial charge in [-0.2, -0.15) is 0 Å². The highest BCUT2D eigenvalue weighted by atomic mass is 32.2. The predicted octanol–water partition coefficient (Wildman–Crippen LogP) is 1.99. The lowest BCUT2D eigenvalue weighted by Crippen LogP contribution is -2.34. The third-order valence-corrected chi connectivity index (χ3v) is 3.39. The van der Waals surface area contributed by atoms with Gasteiger partial charge in [0.2, 0.25) is 4.38 Å². The number of hydrogen-bond acceptors (Lipinski definition) is 4. The van der Waals surface area contributed by atoms with Gasteiger partial charge in [0, 0.05) is 12.5 Å². The summed E-state index contributed by atoms with van der Waals surface area (Å²) in [6.07, 6.45) is 4.52. The Bertz CT molecular complexity index is 175. The predicted molar refractivity (Wildman–Crippen MR) is 62.3 cm³/mol. The minimum Gasteiger partial charge on any atom is -0.478 e. The van der Waals surface area contributed by atoms with Gasteiger partial charge in [-0.15, -0.1) is 0 Å². The van der Waals surface area contributed by atoms with E-state index < -0.39 is 0 Å². The Kier molecular flexibility index (Phi) is 5.06. The number of thiocarbonyl (C=S) groups is 1. The standard InChI is InChI=1S/C9H17NOS2/c1-10-5-3-4-8(6-10)7-11-9(12)13-2/h8H,3-7H2,1-2H3. The van der Waals surface area contributed by atoms with E-state index >= 15 is 0 Å². The summed E-state index contributed by atoms with van der Waals surface area (Å²) in [7, 11) is 2.17. The van der Waals surface area contributed by atoms with Crippen LogP contribution in [-0.2, 0) is 4.74 Å². The summed E-state index contributed by atoms with van der Waals surface area (Å²) in [6, 6.07) is 0. The molecule has 1 atom stereocenters. The Morgan fingerprint density at radius 2 is 2.46 bits per heavy atom. The van der Waals surface area contributed by atoms with Gasteiger partial charge < -0.3 is 9.64 Å². The van der Waals surface area contributed by atoms with Crippen molar-refractivity contribution < 1.29 is 4.74 Å². The van der Waals surface area contributed by atoms with E-state index in [4.69, 9.17) is 17.0 Å². The largest absolute Gasteiger partial charge is 0.478 e. The van der Waals surface area contributed by atoms with Crippen LogP contribution in [0.3, 0.4) is 0 Å². The molecule has 0 amide bonds. The Hall–Kier alpha value is 0.200. The molecule has 0 saturated carbocycles. The maximum atomic E-state index is 5.45. The quantitative estimate of drug-likeness (QED) is 0.658. The maximum Gasteiger partial charge on any atom is 0.219 e. The van der Waals surface area contributed by atoms with Crippen LogP contribution in [0.25, 0.3) is 0 Å². The van der Waals surface area contributed by atoms with Crippen molar-refractivity contribution in [2.24, 2.45) is 5.92 Å². The van der Waals surface area contributed by atoms with E-state index in [1.165, 1.54) is 31.1 Å². The SMILES string of the molecule is CSC(=S)OCC1CCCN(C)C1. The summed E-state index contributed by atoms with van der Waals surface area (Å²) in [4.78, 5) is 2.36. The summed E-state index contributed by atoms with van der Waals surface area (Å²) in [5, 5.41) is 0. The number of ether oxygens (including phenoxy) is 1. The molecule has 0 aromatic heterocycles. The Labute approximate surface area is 90.0 Å². The summed E-state index contributed by atoms with van der Waals surface area (Å²) in [5.74, 6) is 0.670. The monoisotopic (exact) mass is 219 g/mol. The van der Waals surface area contributed by atoms with Crippen molar-refractivity contribution in [2.45, 2.75) is 12.8 Å². The molecule has 1 heterocycles. The van der Waals surface area contributed by atoms with E-state index in [0.717, 1.165) is 13.2 Å². The molecule has 13 heavy (non-hydrogen) atoms. The van der Waals surface area contributed by atoms with Crippen LogP contribution in [0.1, 0.15) is 12.8 Å². The number of piperidine rings is 1. The van der Waals surface area contributed by atoms with Crippen molar-refractivity contribution >= 4 is 28.4 Å². The third kappa shape index (κ3) is 4.29. The molecule has 0 bridgehead atoms. The summed E-state index contributed by atoms with van der Waals surface area (Å²) in [6.45, 7) is 3.17. The van der Waals surface area contributed by atoms with E-state index in [2.05, 4.69) is 11.9 Å². The van der Waals surface area contributed by atoms with Crippen LogP contribution < -0.4 is 0 Å². The van der Waals surface area contributed by atoms with E-state index in [1.54, 1.807) is 0 Å². The average Bonchev–Trinajstić information content (AvgIpc) is 2.14. The molecule has 0 aromatic carbocycles. The summed E-state index contributed by atoms with van der Waals surface area (Å²) < 4.78 is 6.12. The first-order valence-corrected chi connectivity index (χ1v) is 6.25. The Morgan fingerprint density at radius 1 is 1.69 bits per heavy atom. The second-order valence-electron chi connectivity index (χ2n) is 3.54. The molecule has 0 radical (unpaired) electrons. The molecular formula is C9H17NOS2. The number of rotatable bonds is 2. The summed E-state index contributed by atoms with van der Waals surface area (Å²) in [5.41, 5.74) is 0. The van der Waals surface area contributed by atoms with Crippen LogP contribution in [0.4, 0.5) is 0 Å². The van der Waals surface area contributed by atoms with Gasteiger partial charge in [-0.1, -0.05) is 11.8 Å². The maximum absolute atomic E-state index is 5.45. The first-order chi connectivity index (χ1) is 6.22. The highest BCUT2D eigenvalue weighted by Gasteiger charge is 2.17. The van der Waals surface area contributed by atoms with Crippen molar-refractivity contribution in [3.8, 4) is 0 Å². The number of nitrogens with zero attached hydrogens (tertiary/aromatic N) is 1. The molecule has 1 aliphatic rings. The Morgan fingerprint density at radius 3 is 3.08 bits per heavy atom. The fourth-order valence-electron chi connectivity index (χ4n) is 1.65. The molecule has 1 unspecified atom stereocenters. The lowest BCUT2D eigenvalue weighted by atomic mass is 10.00. The second kappa shape index (κ2) is 5.83. The zero-order valence-electron chi connectivity index (χ0n) is 8.28. The van der Waals surface area contributed by atoms with Gasteiger partial charge in [0.05, 0.1) is 6.61 Å². The molecule has 0 aromatic rings. The molecule has 1 aliphatic heterocycles. The number of likely N-dealkylation sites (tertiary alicyclic amines) is 1. The van der Waals surface area contributed by atoms with Crippen LogP contribution in [0, 0.1) is 5.92 Å². The molecule has 1 rings (SSSR count). The smallest absolute Gasteiger partial charge is 0.219 e. The van der Waals surface area contributed by atoms with Crippen LogP contribution in [0.5, 0.6) is 0 Å². The minimum atomic E-state index is 0.670. The zero-order chi connectivity index (χ0) is 9.68. The van der Waals surface area contributed by atoms with Gasteiger partial charge in [0.25, 0.3) is 0 Å². The van der Waals surface area contributed by atoms with Crippen LogP contribution in [0.2, 0.25) is 0 Å². The van der Waals surface area contributed by atoms with Gasteiger partial charge in [0.15, 0.2) is 0 Å². The van der Waals surface area contributed by atoms with Crippen molar-refractivity contribution in [3.63, 3.8) is 0 Å². The van der Waals surface area contributed by atoms with Crippen LogP contribution in [0.15, 0.2) is 0 Å². The van der Waals surface area contributed by atoms with Gasteiger partial charge >= 0.3 is 0 Å². The lowest BCUT2D eigenvalue weighted by Gasteiger charge is -2.29. The van der Waals surface area contributed by atoms with Crippen molar-refractivity contribution in [2.75, 3.05) is 33.0 Å². The topological polar surface area (TPSA) is 12.5 Å².